The van der Waals surface area contributed by atoms with E-state index in [2.05, 4.69) is 33.9 Å². The van der Waals surface area contributed by atoms with Crippen LogP contribution in [0, 0.1) is 27.6 Å². The van der Waals surface area contributed by atoms with Gasteiger partial charge in [0.2, 0.25) is 0 Å². The van der Waals surface area contributed by atoms with Crippen LogP contribution in [0.5, 0.6) is 11.5 Å². The number of allylic oxidation sites excluding steroid dienone is 5. The molecule has 2 fully saturated rings. The molecular weight excluding hydrogens is 552 g/mol. The highest BCUT2D eigenvalue weighted by Gasteiger charge is 2.74. The molecule has 1 aromatic rings. The molecule has 0 aromatic heterocycles. The minimum Gasteiger partial charge on any atom is -0.506 e. The zero-order valence-electron chi connectivity index (χ0n) is 27.7. The largest absolute Gasteiger partial charge is 0.506 e. The first-order valence-electron chi connectivity index (χ1n) is 15.9. The molecule has 1 aromatic carbocycles. The van der Waals surface area contributed by atoms with Crippen molar-refractivity contribution in [1.29, 1.82) is 0 Å². The van der Waals surface area contributed by atoms with Crippen molar-refractivity contribution in [2.24, 2.45) is 27.6 Å². The molecule has 3 aliphatic carbocycles. The molecule has 6 heteroatoms. The number of phenols is 2. The first-order valence-corrected chi connectivity index (χ1v) is 15.9. The monoisotopic (exact) mass is 602 g/mol. The van der Waals surface area contributed by atoms with E-state index < -0.39 is 45.1 Å². The number of fused-ring (bicyclic) bond motifs is 2. The van der Waals surface area contributed by atoms with Gasteiger partial charge < -0.3 is 15.3 Å². The van der Waals surface area contributed by atoms with Gasteiger partial charge in [0.05, 0.1) is 5.41 Å². The van der Waals surface area contributed by atoms with Gasteiger partial charge in [-0.2, -0.15) is 0 Å². The number of ketones is 3. The summed E-state index contributed by atoms with van der Waals surface area (Å²) in [7, 11) is 0. The van der Waals surface area contributed by atoms with Crippen LogP contribution >= 0.6 is 0 Å². The van der Waals surface area contributed by atoms with Crippen LogP contribution in [0.3, 0.4) is 0 Å². The van der Waals surface area contributed by atoms with Gasteiger partial charge in [0.15, 0.2) is 28.8 Å². The summed E-state index contributed by atoms with van der Waals surface area (Å²) in [5.41, 5.74) is -0.0563. The molecule has 44 heavy (non-hydrogen) atoms. The Kier molecular flexibility index (Phi) is 8.75. The Labute approximate surface area is 262 Å². The summed E-state index contributed by atoms with van der Waals surface area (Å²) >= 11 is 0. The van der Waals surface area contributed by atoms with Gasteiger partial charge in [-0.25, -0.2) is 0 Å². The van der Waals surface area contributed by atoms with Gasteiger partial charge in [-0.3, -0.25) is 14.4 Å². The summed E-state index contributed by atoms with van der Waals surface area (Å²) in [6.45, 7) is 22.5. The summed E-state index contributed by atoms with van der Waals surface area (Å²) in [5.74, 6) is -3.19. The summed E-state index contributed by atoms with van der Waals surface area (Å²) in [5, 5.41) is 31.8. The van der Waals surface area contributed by atoms with Crippen molar-refractivity contribution in [3.8, 4) is 11.5 Å². The van der Waals surface area contributed by atoms with Crippen molar-refractivity contribution in [3.63, 3.8) is 0 Å². The van der Waals surface area contributed by atoms with Crippen LogP contribution < -0.4 is 0 Å². The van der Waals surface area contributed by atoms with Crippen molar-refractivity contribution in [2.45, 2.75) is 106 Å². The molecule has 4 rings (SSSR count). The Bertz CT molecular complexity index is 1500. The zero-order chi connectivity index (χ0) is 33.0. The van der Waals surface area contributed by atoms with Crippen LogP contribution in [0.4, 0.5) is 0 Å². The number of hydrogen-bond donors (Lipinski definition) is 3. The predicted molar refractivity (Wildman–Crippen MR) is 174 cm³/mol. The summed E-state index contributed by atoms with van der Waals surface area (Å²) in [6, 6.07) is 3.69. The number of aliphatic hydroxyl groups excluding tert-OH is 1. The van der Waals surface area contributed by atoms with Crippen LogP contribution in [-0.4, -0.2) is 32.7 Å². The van der Waals surface area contributed by atoms with Gasteiger partial charge in [-0.15, -0.1) is 13.2 Å². The maximum absolute atomic E-state index is 15.2. The average molecular weight is 603 g/mol. The molecule has 3 atom stereocenters. The first-order chi connectivity index (χ1) is 20.3. The molecule has 0 aliphatic heterocycles. The van der Waals surface area contributed by atoms with Crippen molar-refractivity contribution in [1.82, 2.24) is 0 Å². The first kappa shape index (κ1) is 33.5. The molecule has 0 unspecified atom stereocenters. The lowest BCUT2D eigenvalue weighted by Gasteiger charge is -2.61. The topological polar surface area (TPSA) is 112 Å². The summed E-state index contributed by atoms with van der Waals surface area (Å²) < 4.78 is 0. The second-order valence-corrected chi connectivity index (χ2v) is 15.4. The number of phenolic OH excluding ortho intramolecular Hbond substituents is 2. The molecule has 2 saturated carbocycles. The van der Waals surface area contributed by atoms with Gasteiger partial charge in [-0.05, 0) is 114 Å². The Morgan fingerprint density at radius 2 is 1.59 bits per heavy atom. The number of Topliss-reactive ketones (excluding diaryl/α,β-unsaturated/α-hetero) is 3. The summed E-state index contributed by atoms with van der Waals surface area (Å²) in [4.78, 5) is 45.0. The van der Waals surface area contributed by atoms with E-state index in [9.17, 15) is 20.1 Å². The molecule has 2 bridgehead atoms. The van der Waals surface area contributed by atoms with Crippen molar-refractivity contribution in [2.75, 3.05) is 0 Å². The van der Waals surface area contributed by atoms with Gasteiger partial charge in [-0.1, -0.05) is 50.0 Å². The number of rotatable bonds is 9. The van der Waals surface area contributed by atoms with E-state index in [1.54, 1.807) is 0 Å². The fourth-order valence-corrected chi connectivity index (χ4v) is 8.22. The van der Waals surface area contributed by atoms with E-state index in [1.807, 2.05) is 27.7 Å². The average Bonchev–Trinajstić information content (AvgIpc) is 2.91. The Morgan fingerprint density at radius 1 is 0.955 bits per heavy atom. The fraction of sp³-hybridized carbons (Fsp3) is 0.553. The van der Waals surface area contributed by atoms with Crippen molar-refractivity contribution < 1.29 is 29.7 Å². The zero-order valence-corrected chi connectivity index (χ0v) is 27.7. The van der Waals surface area contributed by atoms with Crippen molar-refractivity contribution in [3.05, 3.63) is 64.8 Å². The van der Waals surface area contributed by atoms with Crippen LogP contribution in [0.2, 0.25) is 0 Å². The van der Waals surface area contributed by atoms with Gasteiger partial charge >= 0.3 is 0 Å². The third kappa shape index (κ3) is 5.39. The number of aliphatic hydroxyl groups is 1. The number of hydrogen-bond acceptors (Lipinski definition) is 6. The SMILES string of the molecule is C=C(C)CC[C@H]1C[C@@]2(CCC(=C)C)C(=O)C(=C(O)c3ccc(O)c(O)c3)C(=O)[C@](CC3=C(C)CC(C)(C)CC3)(C2=O)C1(C)C. The van der Waals surface area contributed by atoms with E-state index in [-0.39, 0.29) is 47.5 Å². The second-order valence-electron chi connectivity index (χ2n) is 15.4. The molecule has 0 spiro atoms. The molecular formula is C38H50O6. The van der Waals surface area contributed by atoms with E-state index in [1.165, 1.54) is 17.7 Å². The highest BCUT2D eigenvalue weighted by atomic mass is 16.3. The molecule has 6 nitrogen and oxygen atoms in total. The van der Waals surface area contributed by atoms with Gasteiger partial charge in [0.25, 0.3) is 0 Å². The van der Waals surface area contributed by atoms with E-state index >= 15 is 9.59 Å². The maximum atomic E-state index is 15.2. The van der Waals surface area contributed by atoms with E-state index in [4.69, 9.17) is 0 Å². The normalized spacial score (nSPS) is 29.1. The Morgan fingerprint density at radius 3 is 2.16 bits per heavy atom. The lowest BCUT2D eigenvalue weighted by molar-refractivity contribution is -0.177. The van der Waals surface area contributed by atoms with Crippen LogP contribution in [0.25, 0.3) is 5.76 Å². The molecule has 3 aliphatic rings. The highest BCUT2D eigenvalue weighted by Crippen LogP contribution is 2.67. The standard InChI is InChI=1S/C38H50O6/c1-22(2)10-12-27-21-37(17-14-23(3)4)32(42)30(31(41)25-11-13-28(39)29(40)18-25)33(43)38(34(37)44,36(27,8)9)20-26-15-16-35(6,7)19-24(26)5/h11,13,18,27,39-41H,1,3,10,12,14-17,19-21H2,2,4-9H3/t27-,37-,38+/m0/s1. The van der Waals surface area contributed by atoms with Crippen LogP contribution in [-0.2, 0) is 14.4 Å². The lowest BCUT2D eigenvalue weighted by Crippen LogP contribution is -2.69. The summed E-state index contributed by atoms with van der Waals surface area (Å²) in [6.07, 6.45) is 5.08. The number of carbonyl (C=O) groups excluding carboxylic acids is 3. The molecule has 238 valence electrons. The third-order valence-electron chi connectivity index (χ3n) is 11.1. The molecule has 0 saturated heterocycles. The Balaban J connectivity index is 2.05. The molecule has 0 heterocycles. The fourth-order valence-electron chi connectivity index (χ4n) is 8.22. The lowest BCUT2D eigenvalue weighted by atomic mass is 9.38. The number of aromatic hydroxyl groups is 2. The minimum absolute atomic E-state index is 0.0288. The van der Waals surface area contributed by atoms with Crippen molar-refractivity contribution >= 4 is 23.1 Å². The number of benzene rings is 1. The molecule has 0 amide bonds. The van der Waals surface area contributed by atoms with Crippen LogP contribution in [0.15, 0.2) is 59.2 Å². The molecule has 0 radical (unpaired) electrons. The quantitative estimate of drug-likeness (QED) is 0.0651. The van der Waals surface area contributed by atoms with E-state index in [0.717, 1.165) is 42.0 Å². The number of carbonyl (C=O) groups is 3. The molecule has 3 N–H and O–H groups in total. The smallest absolute Gasteiger partial charge is 0.184 e. The third-order valence-corrected chi connectivity index (χ3v) is 11.1. The van der Waals surface area contributed by atoms with Gasteiger partial charge in [0, 0.05) is 5.56 Å². The van der Waals surface area contributed by atoms with E-state index in [0.29, 0.717) is 19.3 Å². The second kappa shape index (κ2) is 11.5. The van der Waals surface area contributed by atoms with Crippen LogP contribution in [0.1, 0.15) is 112 Å². The minimum atomic E-state index is -1.58. The highest BCUT2D eigenvalue weighted by molar-refractivity contribution is 6.41. The predicted octanol–water partition coefficient (Wildman–Crippen LogP) is 8.74. The Hall–Kier alpha value is -3.41. The van der Waals surface area contributed by atoms with Gasteiger partial charge in [0.1, 0.15) is 16.7 Å². The maximum Gasteiger partial charge on any atom is 0.184 e.